The van der Waals surface area contributed by atoms with Crippen molar-refractivity contribution in [2.24, 2.45) is 5.92 Å². The van der Waals surface area contributed by atoms with Gasteiger partial charge in [-0.15, -0.1) is 11.3 Å². The van der Waals surface area contributed by atoms with Crippen LogP contribution in [0.1, 0.15) is 35.4 Å². The smallest absolute Gasteiger partial charge is 0.243 e. The Labute approximate surface area is 192 Å². The van der Waals surface area contributed by atoms with Gasteiger partial charge in [0.25, 0.3) is 0 Å². The van der Waals surface area contributed by atoms with Crippen LogP contribution in [0.2, 0.25) is 0 Å². The first-order valence-corrected chi connectivity index (χ1v) is 13.4. The van der Waals surface area contributed by atoms with Gasteiger partial charge in [-0.2, -0.15) is 4.31 Å². The second-order valence-corrected chi connectivity index (χ2v) is 11.8. The van der Waals surface area contributed by atoms with Crippen LogP contribution in [0.4, 0.5) is 0 Å². The molecule has 1 fully saturated rings. The van der Waals surface area contributed by atoms with Crippen molar-refractivity contribution in [3.05, 3.63) is 58.6 Å². The van der Waals surface area contributed by atoms with Crippen LogP contribution < -0.4 is 0 Å². The standard InChI is InChI=1S/C24H27N3O3S2/c1-26(16-23-25-21-7-2-3-8-22(21)31-23)24(28)18-11-13-27(14-12-18)32(29,30)20-10-9-17-5-4-6-19(17)15-20/h2-3,7-10,15,18H,4-6,11-14,16H2,1H3. The van der Waals surface area contributed by atoms with Crippen molar-refractivity contribution in [3.63, 3.8) is 0 Å². The Morgan fingerprint density at radius 3 is 2.66 bits per heavy atom. The summed E-state index contributed by atoms with van der Waals surface area (Å²) in [5.74, 6) is -0.0836. The van der Waals surface area contributed by atoms with Gasteiger partial charge in [0.2, 0.25) is 15.9 Å². The van der Waals surface area contributed by atoms with Gasteiger partial charge in [0, 0.05) is 26.1 Å². The van der Waals surface area contributed by atoms with E-state index in [1.54, 1.807) is 26.6 Å². The van der Waals surface area contributed by atoms with Gasteiger partial charge in [-0.3, -0.25) is 4.79 Å². The quantitative estimate of drug-likeness (QED) is 0.569. The van der Waals surface area contributed by atoms with Crippen molar-refractivity contribution in [1.82, 2.24) is 14.2 Å². The number of hydrogen-bond acceptors (Lipinski definition) is 5. The Kier molecular flexibility index (Phi) is 5.77. The predicted octanol–water partition coefficient (Wildman–Crippen LogP) is 3.84. The number of aromatic nitrogens is 1. The zero-order chi connectivity index (χ0) is 22.3. The summed E-state index contributed by atoms with van der Waals surface area (Å²) in [5.41, 5.74) is 3.38. The lowest BCUT2D eigenvalue weighted by Gasteiger charge is -2.32. The van der Waals surface area contributed by atoms with Crippen LogP contribution in [-0.4, -0.2) is 48.7 Å². The molecule has 0 saturated carbocycles. The molecule has 1 aromatic heterocycles. The first-order valence-electron chi connectivity index (χ1n) is 11.1. The van der Waals surface area contributed by atoms with Crippen molar-refractivity contribution >= 4 is 37.5 Å². The molecule has 1 amide bonds. The van der Waals surface area contributed by atoms with Crippen molar-refractivity contribution in [2.45, 2.75) is 43.5 Å². The first kappa shape index (κ1) is 21.6. The number of benzene rings is 2. The van der Waals surface area contributed by atoms with Crippen molar-refractivity contribution < 1.29 is 13.2 Å². The number of carbonyl (C=O) groups excluding carboxylic acids is 1. The molecule has 6 nitrogen and oxygen atoms in total. The molecule has 0 atom stereocenters. The number of rotatable bonds is 5. The molecule has 1 aliphatic heterocycles. The van der Waals surface area contributed by atoms with E-state index in [9.17, 15) is 13.2 Å². The van der Waals surface area contributed by atoms with E-state index < -0.39 is 10.0 Å². The maximum absolute atomic E-state index is 13.1. The summed E-state index contributed by atoms with van der Waals surface area (Å²) in [7, 11) is -1.71. The number of fused-ring (bicyclic) bond motifs is 2. The largest absolute Gasteiger partial charge is 0.339 e. The molecule has 8 heteroatoms. The average molecular weight is 470 g/mol. The van der Waals surface area contributed by atoms with Crippen LogP contribution in [-0.2, 0) is 34.2 Å². The highest BCUT2D eigenvalue weighted by molar-refractivity contribution is 7.89. The minimum absolute atomic E-state index is 0.0684. The van der Waals surface area contributed by atoms with Gasteiger partial charge in [0.1, 0.15) is 5.01 Å². The van der Waals surface area contributed by atoms with Gasteiger partial charge < -0.3 is 4.90 Å². The normalized spacial score (nSPS) is 17.5. The molecule has 0 radical (unpaired) electrons. The number of hydrogen-bond donors (Lipinski definition) is 0. The number of para-hydroxylation sites is 1. The monoisotopic (exact) mass is 469 g/mol. The first-order chi connectivity index (χ1) is 15.4. The van der Waals surface area contributed by atoms with Crippen LogP contribution in [0.5, 0.6) is 0 Å². The fraction of sp³-hybridized carbons (Fsp3) is 0.417. The number of thiazole rings is 1. The van der Waals surface area contributed by atoms with Crippen LogP contribution in [0.15, 0.2) is 47.4 Å². The Balaban J connectivity index is 1.21. The molecule has 0 spiro atoms. The zero-order valence-electron chi connectivity index (χ0n) is 18.2. The lowest BCUT2D eigenvalue weighted by molar-refractivity contribution is -0.135. The Hall–Kier alpha value is -2.29. The van der Waals surface area contributed by atoms with Crippen LogP contribution >= 0.6 is 11.3 Å². The molecule has 2 heterocycles. The molecule has 0 unspecified atom stereocenters. The Morgan fingerprint density at radius 1 is 1.12 bits per heavy atom. The molecule has 168 valence electrons. The zero-order valence-corrected chi connectivity index (χ0v) is 19.8. The Bertz CT molecular complexity index is 1230. The van der Waals surface area contributed by atoms with Crippen LogP contribution in [0, 0.1) is 5.92 Å². The van der Waals surface area contributed by atoms with E-state index in [-0.39, 0.29) is 11.8 Å². The van der Waals surface area contributed by atoms with Gasteiger partial charge in [-0.05, 0) is 67.5 Å². The molecule has 0 bridgehead atoms. The van der Waals surface area contributed by atoms with Gasteiger partial charge >= 0.3 is 0 Å². The Morgan fingerprint density at radius 2 is 1.88 bits per heavy atom. The van der Waals surface area contributed by atoms with E-state index in [0.29, 0.717) is 37.4 Å². The summed E-state index contributed by atoms with van der Waals surface area (Å²) in [6.45, 7) is 1.24. The van der Waals surface area contributed by atoms with Crippen LogP contribution in [0.3, 0.4) is 0 Å². The summed E-state index contributed by atoms with van der Waals surface area (Å²) in [6.07, 6.45) is 4.18. The van der Waals surface area contributed by atoms with Gasteiger partial charge in [0.05, 0.1) is 21.7 Å². The third kappa shape index (κ3) is 4.07. The molecule has 2 aliphatic rings. The third-order valence-corrected chi connectivity index (χ3v) is 9.51. The molecule has 1 aliphatic carbocycles. The van der Waals surface area contributed by atoms with Crippen molar-refractivity contribution in [3.8, 4) is 0 Å². The number of piperidine rings is 1. The molecule has 3 aromatic rings. The highest BCUT2D eigenvalue weighted by Crippen LogP contribution is 2.29. The molecule has 32 heavy (non-hydrogen) atoms. The average Bonchev–Trinajstić information content (AvgIpc) is 3.44. The van der Waals surface area contributed by atoms with E-state index in [2.05, 4.69) is 4.98 Å². The van der Waals surface area contributed by atoms with Crippen LogP contribution in [0.25, 0.3) is 10.2 Å². The maximum atomic E-state index is 13.1. The summed E-state index contributed by atoms with van der Waals surface area (Å²) >= 11 is 1.61. The number of nitrogens with zero attached hydrogens (tertiary/aromatic N) is 3. The van der Waals surface area contributed by atoms with E-state index in [1.165, 1.54) is 5.56 Å². The topological polar surface area (TPSA) is 70.6 Å². The summed E-state index contributed by atoms with van der Waals surface area (Å²) in [6, 6.07) is 13.5. The SMILES string of the molecule is CN(Cc1nc2ccccc2s1)C(=O)C1CCN(S(=O)(=O)c2ccc3c(c2)CCC3)CC1. The summed E-state index contributed by atoms with van der Waals surface area (Å²) < 4.78 is 29.0. The number of amides is 1. The second-order valence-electron chi connectivity index (χ2n) is 8.73. The minimum Gasteiger partial charge on any atom is -0.339 e. The molecule has 1 saturated heterocycles. The number of sulfonamides is 1. The van der Waals surface area contributed by atoms with Gasteiger partial charge in [-0.1, -0.05) is 18.2 Å². The van der Waals surface area contributed by atoms with E-state index >= 15 is 0 Å². The van der Waals surface area contributed by atoms with E-state index in [4.69, 9.17) is 0 Å². The lowest BCUT2D eigenvalue weighted by Crippen LogP contribution is -2.43. The summed E-state index contributed by atoms with van der Waals surface area (Å²) in [4.78, 5) is 19.7. The highest BCUT2D eigenvalue weighted by atomic mass is 32.2. The predicted molar refractivity (Wildman–Crippen MR) is 126 cm³/mol. The molecular formula is C24H27N3O3S2. The van der Waals surface area contributed by atoms with Crippen molar-refractivity contribution in [1.29, 1.82) is 0 Å². The number of carbonyl (C=O) groups is 1. The molecular weight excluding hydrogens is 442 g/mol. The van der Waals surface area contributed by atoms with Crippen molar-refractivity contribution in [2.75, 3.05) is 20.1 Å². The molecule has 5 rings (SSSR count). The third-order valence-electron chi connectivity index (χ3n) is 6.60. The minimum atomic E-state index is -3.52. The van der Waals surface area contributed by atoms with E-state index in [0.717, 1.165) is 40.1 Å². The van der Waals surface area contributed by atoms with E-state index in [1.807, 2.05) is 43.4 Å². The van der Waals surface area contributed by atoms with Gasteiger partial charge in [-0.25, -0.2) is 13.4 Å². The molecule has 0 N–H and O–H groups in total. The fourth-order valence-electron chi connectivity index (χ4n) is 4.78. The second kappa shape index (κ2) is 8.57. The highest BCUT2D eigenvalue weighted by Gasteiger charge is 2.33. The maximum Gasteiger partial charge on any atom is 0.243 e. The fourth-order valence-corrected chi connectivity index (χ4v) is 7.32. The lowest BCUT2D eigenvalue weighted by atomic mass is 9.97. The van der Waals surface area contributed by atoms with Gasteiger partial charge in [0.15, 0.2) is 0 Å². The number of aryl methyl sites for hydroxylation is 2. The molecule has 2 aromatic carbocycles. The summed E-state index contributed by atoms with van der Waals surface area (Å²) in [5, 5.41) is 0.915.